The topological polar surface area (TPSA) is 84.5 Å². The van der Waals surface area contributed by atoms with E-state index in [1.807, 2.05) is 13.0 Å². The molecule has 7 heteroatoms. The molecule has 6 nitrogen and oxygen atoms in total. The second kappa shape index (κ2) is 7.14. The zero-order valence-corrected chi connectivity index (χ0v) is 14.7. The van der Waals surface area contributed by atoms with Gasteiger partial charge in [-0.05, 0) is 44.0 Å². The molecule has 1 amide bonds. The highest BCUT2D eigenvalue weighted by Gasteiger charge is 2.36. The number of sulfonamides is 1. The molecule has 1 fully saturated rings. The summed E-state index contributed by atoms with van der Waals surface area (Å²) in [6.07, 6.45) is 1.32. The van der Waals surface area contributed by atoms with Gasteiger partial charge in [0.1, 0.15) is 5.75 Å². The maximum absolute atomic E-state index is 12.7. The molecule has 0 aliphatic heterocycles. The summed E-state index contributed by atoms with van der Waals surface area (Å²) in [6, 6.07) is 13.7. The third-order valence-corrected chi connectivity index (χ3v) is 5.68. The predicted octanol–water partition coefficient (Wildman–Crippen LogP) is 3.24. The van der Waals surface area contributed by atoms with Gasteiger partial charge >= 0.3 is 0 Å². The highest BCUT2D eigenvalue weighted by Crippen LogP contribution is 2.31. The van der Waals surface area contributed by atoms with E-state index in [2.05, 4.69) is 10.0 Å². The van der Waals surface area contributed by atoms with Crippen molar-refractivity contribution in [2.24, 2.45) is 0 Å². The van der Waals surface area contributed by atoms with Crippen molar-refractivity contribution in [2.75, 3.05) is 16.6 Å². The van der Waals surface area contributed by atoms with Crippen LogP contribution in [0.1, 0.15) is 30.1 Å². The molecule has 0 unspecified atom stereocenters. The number of rotatable bonds is 7. The fourth-order valence-electron chi connectivity index (χ4n) is 2.43. The lowest BCUT2D eigenvalue weighted by Crippen LogP contribution is -2.21. The van der Waals surface area contributed by atoms with Crippen molar-refractivity contribution in [2.45, 2.75) is 25.0 Å². The van der Waals surface area contributed by atoms with Crippen LogP contribution in [-0.2, 0) is 10.0 Å². The summed E-state index contributed by atoms with van der Waals surface area (Å²) in [5.41, 5.74) is 1.08. The number of amides is 1. The average Bonchev–Trinajstić information content (AvgIpc) is 3.42. The van der Waals surface area contributed by atoms with Crippen LogP contribution in [0.25, 0.3) is 0 Å². The number of nitrogens with one attached hydrogen (secondary N) is 2. The van der Waals surface area contributed by atoms with E-state index >= 15 is 0 Å². The van der Waals surface area contributed by atoms with Crippen molar-refractivity contribution < 1.29 is 17.9 Å². The van der Waals surface area contributed by atoms with Crippen LogP contribution in [0.3, 0.4) is 0 Å². The SMILES string of the molecule is CCOc1ccccc1NC(=O)c1ccccc1NS(=O)(=O)C1CC1. The lowest BCUT2D eigenvalue weighted by atomic mass is 10.1. The number of carbonyl (C=O) groups is 1. The van der Waals surface area contributed by atoms with Crippen LogP contribution in [0.4, 0.5) is 11.4 Å². The van der Waals surface area contributed by atoms with Gasteiger partial charge in [0.15, 0.2) is 0 Å². The maximum atomic E-state index is 12.7. The Labute approximate surface area is 147 Å². The second-order valence-electron chi connectivity index (χ2n) is 5.78. The molecule has 1 saturated carbocycles. The lowest BCUT2D eigenvalue weighted by Gasteiger charge is -2.14. The summed E-state index contributed by atoms with van der Waals surface area (Å²) in [6.45, 7) is 2.34. The van der Waals surface area contributed by atoms with E-state index in [-0.39, 0.29) is 16.5 Å². The van der Waals surface area contributed by atoms with E-state index in [0.29, 0.717) is 30.9 Å². The smallest absolute Gasteiger partial charge is 0.257 e. The molecule has 3 rings (SSSR count). The van der Waals surface area contributed by atoms with Gasteiger partial charge in [0.2, 0.25) is 10.0 Å². The summed E-state index contributed by atoms with van der Waals surface area (Å²) >= 11 is 0. The van der Waals surface area contributed by atoms with Gasteiger partial charge in [0.05, 0.1) is 28.8 Å². The van der Waals surface area contributed by atoms with Gasteiger partial charge in [-0.25, -0.2) is 8.42 Å². The Morgan fingerprint density at radius 3 is 2.40 bits per heavy atom. The molecule has 2 aromatic carbocycles. The molecule has 2 aromatic rings. The fourth-order valence-corrected chi connectivity index (χ4v) is 3.83. The van der Waals surface area contributed by atoms with E-state index in [1.165, 1.54) is 0 Å². The van der Waals surface area contributed by atoms with Gasteiger partial charge in [0.25, 0.3) is 5.91 Å². The molecule has 25 heavy (non-hydrogen) atoms. The molecule has 1 aliphatic rings. The molecule has 0 saturated heterocycles. The molecular weight excluding hydrogens is 340 g/mol. The van der Waals surface area contributed by atoms with Crippen molar-refractivity contribution >= 4 is 27.3 Å². The zero-order valence-electron chi connectivity index (χ0n) is 13.9. The van der Waals surface area contributed by atoms with Crippen molar-refractivity contribution in [1.82, 2.24) is 0 Å². The number of benzene rings is 2. The third-order valence-electron chi connectivity index (χ3n) is 3.82. The van der Waals surface area contributed by atoms with Gasteiger partial charge < -0.3 is 10.1 Å². The first-order valence-corrected chi connectivity index (χ1v) is 9.69. The van der Waals surface area contributed by atoms with Crippen LogP contribution < -0.4 is 14.8 Å². The van der Waals surface area contributed by atoms with Crippen molar-refractivity contribution in [3.8, 4) is 5.75 Å². The first-order valence-electron chi connectivity index (χ1n) is 8.15. The Morgan fingerprint density at radius 2 is 1.72 bits per heavy atom. The number of anilines is 2. The van der Waals surface area contributed by atoms with Crippen LogP contribution in [0, 0.1) is 0 Å². The highest BCUT2D eigenvalue weighted by atomic mass is 32.2. The minimum atomic E-state index is -3.44. The number of hydrogen-bond donors (Lipinski definition) is 2. The highest BCUT2D eigenvalue weighted by molar-refractivity contribution is 7.93. The molecule has 0 atom stereocenters. The molecule has 2 N–H and O–H groups in total. The standard InChI is InChI=1S/C18H20N2O4S/c1-2-24-17-10-6-5-9-16(17)19-18(21)14-7-3-4-8-15(14)20-25(22,23)13-11-12-13/h3-10,13,20H,2,11-12H2,1H3,(H,19,21). The summed E-state index contributed by atoms with van der Waals surface area (Å²) < 4.78 is 32.4. The quantitative estimate of drug-likeness (QED) is 0.794. The van der Waals surface area contributed by atoms with Crippen LogP contribution in [0.2, 0.25) is 0 Å². The van der Waals surface area contributed by atoms with Gasteiger partial charge in [-0.2, -0.15) is 0 Å². The van der Waals surface area contributed by atoms with E-state index in [4.69, 9.17) is 4.74 Å². The predicted molar refractivity (Wildman–Crippen MR) is 97.6 cm³/mol. The Balaban J connectivity index is 1.83. The van der Waals surface area contributed by atoms with Crippen LogP contribution >= 0.6 is 0 Å². The lowest BCUT2D eigenvalue weighted by molar-refractivity contribution is 0.102. The number of para-hydroxylation sites is 3. The molecule has 0 radical (unpaired) electrons. The summed E-state index contributed by atoms with van der Waals surface area (Å²) in [5, 5.41) is 2.42. The fraction of sp³-hybridized carbons (Fsp3) is 0.278. The molecular formula is C18H20N2O4S. The Morgan fingerprint density at radius 1 is 1.08 bits per heavy atom. The minimum absolute atomic E-state index is 0.262. The summed E-state index contributed by atoms with van der Waals surface area (Å²) in [4.78, 5) is 12.7. The summed E-state index contributed by atoms with van der Waals surface area (Å²) in [5.74, 6) is 0.163. The maximum Gasteiger partial charge on any atom is 0.257 e. The Kier molecular flexibility index (Phi) is 4.94. The van der Waals surface area contributed by atoms with Gasteiger partial charge in [-0.3, -0.25) is 9.52 Å². The first-order chi connectivity index (χ1) is 12.0. The molecule has 0 aromatic heterocycles. The normalized spacial score (nSPS) is 14.0. The Hall–Kier alpha value is -2.54. The molecule has 1 aliphatic carbocycles. The van der Waals surface area contributed by atoms with Crippen LogP contribution in [0.15, 0.2) is 48.5 Å². The molecule has 0 spiro atoms. The minimum Gasteiger partial charge on any atom is -0.492 e. The average molecular weight is 360 g/mol. The van der Waals surface area contributed by atoms with Gasteiger partial charge in [0, 0.05) is 0 Å². The van der Waals surface area contributed by atoms with E-state index in [0.717, 1.165) is 0 Å². The van der Waals surface area contributed by atoms with E-state index in [9.17, 15) is 13.2 Å². The van der Waals surface area contributed by atoms with Crippen molar-refractivity contribution in [3.05, 3.63) is 54.1 Å². The van der Waals surface area contributed by atoms with Crippen LogP contribution in [0.5, 0.6) is 5.75 Å². The van der Waals surface area contributed by atoms with Crippen LogP contribution in [-0.4, -0.2) is 26.2 Å². The monoisotopic (exact) mass is 360 g/mol. The second-order valence-corrected chi connectivity index (χ2v) is 7.74. The summed E-state index contributed by atoms with van der Waals surface area (Å²) in [7, 11) is -3.44. The van der Waals surface area contributed by atoms with Crippen molar-refractivity contribution in [1.29, 1.82) is 0 Å². The van der Waals surface area contributed by atoms with Gasteiger partial charge in [-0.15, -0.1) is 0 Å². The Bertz CT molecular complexity index is 876. The zero-order chi connectivity index (χ0) is 17.9. The first kappa shape index (κ1) is 17.3. The molecule has 0 bridgehead atoms. The molecule has 0 heterocycles. The van der Waals surface area contributed by atoms with E-state index < -0.39 is 15.9 Å². The van der Waals surface area contributed by atoms with E-state index in [1.54, 1.807) is 42.5 Å². The number of ether oxygens (including phenoxy) is 1. The van der Waals surface area contributed by atoms with Gasteiger partial charge in [-0.1, -0.05) is 24.3 Å². The third kappa shape index (κ3) is 4.11. The number of carbonyl (C=O) groups excluding carboxylic acids is 1. The number of hydrogen-bond acceptors (Lipinski definition) is 4. The molecule has 132 valence electrons. The van der Waals surface area contributed by atoms with Crippen molar-refractivity contribution in [3.63, 3.8) is 0 Å². The largest absolute Gasteiger partial charge is 0.492 e.